The Morgan fingerprint density at radius 3 is 2.59 bits per heavy atom. The van der Waals surface area contributed by atoms with Crippen LogP contribution in [-0.4, -0.2) is 43.5 Å². The zero-order valence-corrected chi connectivity index (χ0v) is 17.3. The summed E-state index contributed by atoms with van der Waals surface area (Å²) >= 11 is 1.42. The summed E-state index contributed by atoms with van der Waals surface area (Å²) in [4.78, 5) is 18.1. The molecule has 158 valence electrons. The fraction of sp³-hybridized carbons (Fsp3) is 0.526. The number of nitrogens with one attached hydrogen (secondary N) is 1. The Balaban J connectivity index is 1.57. The van der Waals surface area contributed by atoms with Crippen molar-refractivity contribution in [2.75, 3.05) is 18.4 Å². The van der Waals surface area contributed by atoms with E-state index in [0.29, 0.717) is 23.7 Å². The molecule has 6 nitrogen and oxygen atoms in total. The normalized spacial score (nSPS) is 15.8. The number of carbonyl (C=O) groups is 1. The summed E-state index contributed by atoms with van der Waals surface area (Å²) in [5.41, 5.74) is 0.251. The number of anilines is 1. The van der Waals surface area contributed by atoms with Gasteiger partial charge in [0.25, 0.3) is 6.43 Å². The standard InChI is InChI=1S/C19H24F3N5OS/c1-19(2,29-14-11-26(3)25-16(14)17(21)22)12-6-8-27(9-7-12)18(28)24-13-4-5-15(20)23-10-13/h4-5,10-12,17H,6-9H2,1-3H3,(H,24,28). The average Bonchev–Trinajstić information content (AvgIpc) is 3.03. The van der Waals surface area contributed by atoms with Gasteiger partial charge in [-0.15, -0.1) is 11.8 Å². The van der Waals surface area contributed by atoms with Gasteiger partial charge in [0.15, 0.2) is 0 Å². The van der Waals surface area contributed by atoms with E-state index in [1.165, 1.54) is 34.8 Å². The van der Waals surface area contributed by atoms with E-state index in [4.69, 9.17) is 0 Å². The Bertz CT molecular complexity index is 848. The molecule has 1 aliphatic rings. The van der Waals surface area contributed by atoms with Crippen molar-refractivity contribution in [3.05, 3.63) is 36.2 Å². The number of thioether (sulfide) groups is 1. The number of piperidine rings is 1. The molecule has 0 aliphatic carbocycles. The van der Waals surface area contributed by atoms with Crippen LogP contribution in [0.1, 0.15) is 38.8 Å². The van der Waals surface area contributed by atoms with Gasteiger partial charge in [0.2, 0.25) is 5.95 Å². The molecular weight excluding hydrogens is 403 g/mol. The molecule has 2 aromatic rings. The molecule has 0 unspecified atom stereocenters. The Labute approximate surface area is 171 Å². The van der Waals surface area contributed by atoms with E-state index in [2.05, 4.69) is 15.4 Å². The number of pyridine rings is 1. The van der Waals surface area contributed by atoms with E-state index in [0.717, 1.165) is 12.8 Å². The lowest BCUT2D eigenvalue weighted by Crippen LogP contribution is -2.44. The van der Waals surface area contributed by atoms with Gasteiger partial charge in [-0.2, -0.15) is 9.49 Å². The molecule has 10 heteroatoms. The van der Waals surface area contributed by atoms with Crippen LogP contribution in [0, 0.1) is 11.9 Å². The van der Waals surface area contributed by atoms with Gasteiger partial charge < -0.3 is 10.2 Å². The van der Waals surface area contributed by atoms with Crippen LogP contribution in [0.2, 0.25) is 0 Å². The first-order chi connectivity index (χ1) is 13.7. The SMILES string of the molecule is Cn1cc(SC(C)(C)C2CCN(C(=O)Nc3ccc(F)nc3)CC2)c(C(F)F)n1. The lowest BCUT2D eigenvalue weighted by molar-refractivity contribution is 0.142. The lowest BCUT2D eigenvalue weighted by Gasteiger charge is -2.40. The van der Waals surface area contributed by atoms with Crippen molar-refractivity contribution in [1.29, 1.82) is 0 Å². The third-order valence-electron chi connectivity index (χ3n) is 5.15. The Hall–Kier alpha value is -2.23. The van der Waals surface area contributed by atoms with Gasteiger partial charge in [-0.1, -0.05) is 13.8 Å². The van der Waals surface area contributed by atoms with Crippen molar-refractivity contribution in [3.8, 4) is 0 Å². The van der Waals surface area contributed by atoms with Crippen LogP contribution in [0.3, 0.4) is 0 Å². The summed E-state index contributed by atoms with van der Waals surface area (Å²) in [6.45, 7) is 5.21. The third-order valence-corrected chi connectivity index (χ3v) is 6.54. The number of aryl methyl sites for hydroxylation is 1. The number of hydrogen-bond donors (Lipinski definition) is 1. The second-order valence-corrected chi connectivity index (χ2v) is 9.32. The van der Waals surface area contributed by atoms with E-state index < -0.39 is 12.4 Å². The van der Waals surface area contributed by atoms with E-state index >= 15 is 0 Å². The van der Waals surface area contributed by atoms with Crippen molar-refractivity contribution in [2.24, 2.45) is 13.0 Å². The highest BCUT2D eigenvalue weighted by Crippen LogP contribution is 2.44. The minimum absolute atomic E-state index is 0.185. The van der Waals surface area contributed by atoms with Crippen LogP contribution in [-0.2, 0) is 7.05 Å². The van der Waals surface area contributed by atoms with Crippen LogP contribution in [0.25, 0.3) is 0 Å². The predicted octanol–water partition coefficient (Wildman–Crippen LogP) is 4.71. The van der Waals surface area contributed by atoms with Gasteiger partial charge in [0, 0.05) is 31.1 Å². The molecule has 1 saturated heterocycles. The summed E-state index contributed by atoms with van der Waals surface area (Å²) in [5, 5.41) is 6.59. The second-order valence-electron chi connectivity index (χ2n) is 7.62. The maximum absolute atomic E-state index is 13.2. The number of amides is 2. The molecule has 1 aliphatic heterocycles. The zero-order chi connectivity index (χ0) is 21.2. The molecule has 1 fully saturated rings. The molecular formula is C19H24F3N5OS. The van der Waals surface area contributed by atoms with E-state index in [9.17, 15) is 18.0 Å². The minimum Gasteiger partial charge on any atom is -0.325 e. The third kappa shape index (κ3) is 5.23. The number of likely N-dealkylation sites (tertiary alicyclic amines) is 1. The number of rotatable bonds is 5. The average molecular weight is 427 g/mol. The van der Waals surface area contributed by atoms with E-state index in [1.54, 1.807) is 18.1 Å². The first kappa shape index (κ1) is 21.5. The van der Waals surface area contributed by atoms with Crippen LogP contribution in [0.15, 0.2) is 29.4 Å². The Morgan fingerprint density at radius 2 is 2.00 bits per heavy atom. The lowest BCUT2D eigenvalue weighted by atomic mass is 9.86. The molecule has 0 atom stereocenters. The summed E-state index contributed by atoms with van der Waals surface area (Å²) in [5.74, 6) is -0.345. The fourth-order valence-electron chi connectivity index (χ4n) is 3.51. The van der Waals surface area contributed by atoms with Crippen LogP contribution in [0.5, 0.6) is 0 Å². The van der Waals surface area contributed by atoms with Crippen molar-refractivity contribution in [1.82, 2.24) is 19.7 Å². The van der Waals surface area contributed by atoms with Crippen molar-refractivity contribution < 1.29 is 18.0 Å². The monoisotopic (exact) mass is 427 g/mol. The number of hydrogen-bond acceptors (Lipinski definition) is 4. The van der Waals surface area contributed by atoms with Gasteiger partial charge in [-0.3, -0.25) is 4.68 Å². The Kier molecular flexibility index (Phi) is 6.40. The highest BCUT2D eigenvalue weighted by molar-refractivity contribution is 8.00. The molecule has 3 rings (SSSR count). The molecule has 2 aromatic heterocycles. The number of aromatic nitrogens is 3. The second kappa shape index (κ2) is 8.64. The molecule has 1 N–H and O–H groups in total. The molecule has 3 heterocycles. The number of alkyl halides is 2. The number of urea groups is 1. The zero-order valence-electron chi connectivity index (χ0n) is 16.5. The molecule has 0 bridgehead atoms. The molecule has 29 heavy (non-hydrogen) atoms. The van der Waals surface area contributed by atoms with Crippen LogP contribution in [0.4, 0.5) is 23.7 Å². The number of halogens is 3. The summed E-state index contributed by atoms with van der Waals surface area (Å²) in [7, 11) is 1.64. The van der Waals surface area contributed by atoms with E-state index in [-0.39, 0.29) is 22.4 Å². The predicted molar refractivity (Wildman–Crippen MR) is 106 cm³/mol. The summed E-state index contributed by atoms with van der Waals surface area (Å²) in [6.07, 6.45) is 1.82. The highest BCUT2D eigenvalue weighted by Gasteiger charge is 2.36. The molecule has 0 spiro atoms. The molecule has 0 radical (unpaired) electrons. The van der Waals surface area contributed by atoms with Crippen LogP contribution < -0.4 is 5.32 Å². The van der Waals surface area contributed by atoms with Crippen LogP contribution >= 0.6 is 11.8 Å². The summed E-state index contributed by atoms with van der Waals surface area (Å²) < 4.78 is 40.5. The number of nitrogens with zero attached hydrogens (tertiary/aromatic N) is 4. The van der Waals surface area contributed by atoms with Crippen molar-refractivity contribution >= 4 is 23.5 Å². The first-order valence-electron chi connectivity index (χ1n) is 9.34. The maximum atomic E-state index is 13.2. The van der Waals surface area contributed by atoms with Crippen molar-refractivity contribution in [2.45, 2.75) is 42.8 Å². The highest BCUT2D eigenvalue weighted by atomic mass is 32.2. The summed E-state index contributed by atoms with van der Waals surface area (Å²) in [6, 6.07) is 2.39. The van der Waals surface area contributed by atoms with Gasteiger partial charge in [0.1, 0.15) is 5.69 Å². The topological polar surface area (TPSA) is 63.1 Å². The molecule has 0 aromatic carbocycles. The van der Waals surface area contributed by atoms with Crippen molar-refractivity contribution in [3.63, 3.8) is 0 Å². The van der Waals surface area contributed by atoms with Gasteiger partial charge in [-0.25, -0.2) is 18.6 Å². The van der Waals surface area contributed by atoms with E-state index in [1.807, 2.05) is 13.8 Å². The van der Waals surface area contributed by atoms with Gasteiger partial charge in [0.05, 0.1) is 16.8 Å². The smallest absolute Gasteiger partial charge is 0.321 e. The fourth-order valence-corrected chi connectivity index (χ4v) is 4.92. The quantitative estimate of drug-likeness (QED) is 0.555. The van der Waals surface area contributed by atoms with Gasteiger partial charge >= 0.3 is 6.03 Å². The largest absolute Gasteiger partial charge is 0.325 e. The maximum Gasteiger partial charge on any atom is 0.321 e. The minimum atomic E-state index is -2.61. The Morgan fingerprint density at radius 1 is 1.31 bits per heavy atom. The first-order valence-corrected chi connectivity index (χ1v) is 10.2. The van der Waals surface area contributed by atoms with Gasteiger partial charge in [-0.05, 0) is 30.9 Å². The number of carbonyl (C=O) groups excluding carboxylic acids is 1. The molecule has 2 amide bonds. The molecule has 0 saturated carbocycles.